The maximum absolute atomic E-state index is 13.7. The minimum atomic E-state index is -1.58. The third-order valence-corrected chi connectivity index (χ3v) is 6.75. The number of benzene rings is 3. The molecule has 0 bridgehead atoms. The van der Waals surface area contributed by atoms with Crippen molar-refractivity contribution in [1.29, 1.82) is 0 Å². The maximum Gasteiger partial charge on any atom is 0.194 e. The van der Waals surface area contributed by atoms with Crippen LogP contribution in [0.5, 0.6) is 0 Å². The summed E-state index contributed by atoms with van der Waals surface area (Å²) in [4.78, 5) is 0. The first-order chi connectivity index (χ1) is 18.4. The number of nitrogens with zero attached hydrogens (tertiary/aromatic N) is 6. The molecule has 0 aliphatic carbocycles. The van der Waals surface area contributed by atoms with Gasteiger partial charge in [-0.3, -0.25) is 4.57 Å². The van der Waals surface area contributed by atoms with Crippen LogP contribution in [-0.4, -0.2) is 58.8 Å². The Bertz CT molecular complexity index is 1600. The van der Waals surface area contributed by atoms with Crippen molar-refractivity contribution in [3.05, 3.63) is 90.4 Å². The van der Waals surface area contributed by atoms with E-state index in [0.717, 1.165) is 28.6 Å². The van der Waals surface area contributed by atoms with E-state index in [1.807, 2.05) is 42.5 Å². The number of halogens is 3. The van der Waals surface area contributed by atoms with Crippen LogP contribution in [0.15, 0.2) is 67.1 Å². The lowest BCUT2D eigenvalue weighted by Crippen LogP contribution is -2.45. The van der Waals surface area contributed by atoms with E-state index < -0.39 is 48.4 Å². The number of hydrogen-bond donors (Lipinski definition) is 2. The topological polar surface area (TPSA) is 111 Å². The Balaban J connectivity index is 1.33. The van der Waals surface area contributed by atoms with Gasteiger partial charge in [-0.1, -0.05) is 35.5 Å². The first-order valence-corrected chi connectivity index (χ1v) is 11.8. The molecule has 1 aliphatic heterocycles. The van der Waals surface area contributed by atoms with Gasteiger partial charge in [-0.05, 0) is 35.0 Å². The number of aliphatic hydroxyl groups excluding tert-OH is 2. The van der Waals surface area contributed by atoms with E-state index in [2.05, 4.69) is 20.5 Å². The first kappa shape index (κ1) is 24.2. The Morgan fingerprint density at radius 1 is 0.974 bits per heavy atom. The molecule has 0 spiro atoms. The van der Waals surface area contributed by atoms with Crippen LogP contribution in [0.25, 0.3) is 27.7 Å². The molecule has 12 heteroatoms. The summed E-state index contributed by atoms with van der Waals surface area (Å²) < 4.78 is 50.0. The highest BCUT2D eigenvalue weighted by Crippen LogP contribution is 2.38. The highest BCUT2D eigenvalue weighted by atomic mass is 19.2. The molecule has 4 unspecified atom stereocenters. The molecule has 4 atom stereocenters. The summed E-state index contributed by atoms with van der Waals surface area (Å²) in [5.41, 5.74) is 0.873. The van der Waals surface area contributed by atoms with Crippen molar-refractivity contribution in [2.75, 3.05) is 6.61 Å². The maximum atomic E-state index is 13.7. The van der Waals surface area contributed by atoms with Crippen LogP contribution in [0.1, 0.15) is 24.4 Å². The molecule has 1 aliphatic rings. The molecule has 1 fully saturated rings. The van der Waals surface area contributed by atoms with Crippen molar-refractivity contribution in [2.24, 2.45) is 0 Å². The standard InChI is InChI=1S/C26H21F3N6O3/c27-18-8-16(9-19(28)24(18)29)20-11-35(33-31-20)21-10-22(38-23(12-36)25(21)37)26-32-30-13-34(26)17-6-5-14-3-1-2-4-15(14)7-17/h1-9,11,13,21-23,25,36-37H,10,12H2. The summed E-state index contributed by atoms with van der Waals surface area (Å²) in [5, 5.41) is 39.3. The van der Waals surface area contributed by atoms with Gasteiger partial charge >= 0.3 is 0 Å². The predicted molar refractivity (Wildman–Crippen MR) is 129 cm³/mol. The summed E-state index contributed by atoms with van der Waals surface area (Å²) in [6, 6.07) is 14.7. The second-order valence-corrected chi connectivity index (χ2v) is 9.07. The van der Waals surface area contributed by atoms with E-state index in [-0.39, 0.29) is 17.7 Å². The van der Waals surface area contributed by atoms with Gasteiger partial charge < -0.3 is 14.9 Å². The van der Waals surface area contributed by atoms with Gasteiger partial charge in [0, 0.05) is 17.7 Å². The van der Waals surface area contributed by atoms with Gasteiger partial charge in [-0.2, -0.15) is 0 Å². The van der Waals surface area contributed by atoms with E-state index >= 15 is 0 Å². The van der Waals surface area contributed by atoms with Crippen molar-refractivity contribution in [3.63, 3.8) is 0 Å². The lowest BCUT2D eigenvalue weighted by molar-refractivity contribution is -0.161. The third-order valence-electron chi connectivity index (χ3n) is 6.75. The van der Waals surface area contributed by atoms with Crippen LogP contribution in [0.2, 0.25) is 0 Å². The van der Waals surface area contributed by atoms with Gasteiger partial charge in [0.15, 0.2) is 23.3 Å². The smallest absolute Gasteiger partial charge is 0.194 e. The fourth-order valence-corrected chi connectivity index (χ4v) is 4.80. The Kier molecular flexibility index (Phi) is 6.14. The summed E-state index contributed by atoms with van der Waals surface area (Å²) in [6.45, 7) is -0.478. The number of fused-ring (bicyclic) bond motifs is 1. The normalized spacial score (nSPS) is 21.7. The largest absolute Gasteiger partial charge is 0.394 e. The summed E-state index contributed by atoms with van der Waals surface area (Å²) in [6.07, 6.45) is 0.285. The molecule has 2 N–H and O–H groups in total. The van der Waals surface area contributed by atoms with E-state index in [0.29, 0.717) is 5.82 Å². The van der Waals surface area contributed by atoms with Crippen LogP contribution in [0, 0.1) is 17.5 Å². The van der Waals surface area contributed by atoms with Gasteiger partial charge in [0.25, 0.3) is 0 Å². The number of aliphatic hydroxyl groups is 2. The summed E-state index contributed by atoms with van der Waals surface area (Å²) in [5.74, 6) is -3.83. The number of aromatic nitrogens is 6. The zero-order valence-corrected chi connectivity index (χ0v) is 19.7. The molecule has 38 heavy (non-hydrogen) atoms. The van der Waals surface area contributed by atoms with Crippen LogP contribution in [0.3, 0.4) is 0 Å². The van der Waals surface area contributed by atoms with Crippen LogP contribution in [0.4, 0.5) is 13.2 Å². The molecule has 0 saturated carbocycles. The molecule has 194 valence electrons. The van der Waals surface area contributed by atoms with Crippen LogP contribution < -0.4 is 0 Å². The molecule has 9 nitrogen and oxygen atoms in total. The number of ether oxygens (including phenoxy) is 1. The second-order valence-electron chi connectivity index (χ2n) is 9.07. The highest BCUT2D eigenvalue weighted by Gasteiger charge is 2.41. The van der Waals surface area contributed by atoms with E-state index in [1.54, 1.807) is 10.9 Å². The lowest BCUT2D eigenvalue weighted by atomic mass is 9.95. The molecule has 5 aromatic rings. The van der Waals surface area contributed by atoms with Crippen molar-refractivity contribution >= 4 is 10.8 Å². The van der Waals surface area contributed by atoms with E-state index in [1.165, 1.54) is 10.9 Å². The molecule has 6 rings (SSSR count). The molecule has 3 aromatic carbocycles. The first-order valence-electron chi connectivity index (χ1n) is 11.8. The molecule has 0 amide bonds. The van der Waals surface area contributed by atoms with E-state index in [9.17, 15) is 23.4 Å². The van der Waals surface area contributed by atoms with Gasteiger partial charge in [-0.25, -0.2) is 17.9 Å². The van der Waals surface area contributed by atoms with Crippen LogP contribution >= 0.6 is 0 Å². The van der Waals surface area contributed by atoms with Crippen molar-refractivity contribution in [1.82, 2.24) is 29.8 Å². The SMILES string of the molecule is OCC1OC(c2nncn2-c2ccc3ccccc3c2)CC(n2cc(-c3cc(F)c(F)c(F)c3)nn2)C1O. The average molecular weight is 522 g/mol. The predicted octanol–water partition coefficient (Wildman–Crippen LogP) is 3.52. The lowest BCUT2D eigenvalue weighted by Gasteiger charge is -2.38. The Labute approximate surface area is 213 Å². The fourth-order valence-electron chi connectivity index (χ4n) is 4.80. The average Bonchev–Trinajstić information content (AvgIpc) is 3.62. The van der Waals surface area contributed by atoms with Gasteiger partial charge in [0.05, 0.1) is 18.8 Å². The minimum absolute atomic E-state index is 0.0134. The zero-order valence-electron chi connectivity index (χ0n) is 19.7. The molecule has 0 radical (unpaired) electrons. The Morgan fingerprint density at radius 3 is 2.50 bits per heavy atom. The molecular formula is C26H21F3N6O3. The van der Waals surface area contributed by atoms with Crippen molar-refractivity contribution < 1.29 is 28.1 Å². The molecular weight excluding hydrogens is 501 g/mol. The van der Waals surface area contributed by atoms with Gasteiger partial charge in [0.2, 0.25) is 0 Å². The summed E-state index contributed by atoms with van der Waals surface area (Å²) >= 11 is 0. The van der Waals surface area contributed by atoms with Crippen LogP contribution in [-0.2, 0) is 4.74 Å². The fraction of sp³-hybridized carbons (Fsp3) is 0.231. The molecule has 2 aromatic heterocycles. The molecule has 1 saturated heterocycles. The van der Waals surface area contributed by atoms with Crippen molar-refractivity contribution in [3.8, 4) is 16.9 Å². The van der Waals surface area contributed by atoms with Gasteiger partial charge in [0.1, 0.15) is 30.3 Å². The van der Waals surface area contributed by atoms with Gasteiger partial charge in [-0.15, -0.1) is 15.3 Å². The quantitative estimate of drug-likeness (QED) is 0.340. The third kappa shape index (κ3) is 4.22. The second kappa shape index (κ2) is 9.63. The Morgan fingerprint density at radius 2 is 1.74 bits per heavy atom. The minimum Gasteiger partial charge on any atom is -0.394 e. The monoisotopic (exact) mass is 522 g/mol. The van der Waals surface area contributed by atoms with Crippen molar-refractivity contribution in [2.45, 2.75) is 30.8 Å². The number of hydrogen-bond acceptors (Lipinski definition) is 7. The highest BCUT2D eigenvalue weighted by molar-refractivity contribution is 5.84. The molecule has 3 heterocycles. The summed E-state index contributed by atoms with van der Waals surface area (Å²) in [7, 11) is 0. The van der Waals surface area contributed by atoms with E-state index in [4.69, 9.17) is 4.74 Å². The number of rotatable bonds is 5. The zero-order chi connectivity index (χ0) is 26.4. The Hall–Kier alpha value is -4.13.